The van der Waals surface area contributed by atoms with Crippen LogP contribution >= 0.6 is 23.2 Å². The topological polar surface area (TPSA) is 51.2 Å². The Morgan fingerprint density at radius 2 is 2.17 bits per heavy atom. The molecule has 0 aromatic carbocycles. The first kappa shape index (κ1) is 15.1. The second-order valence-corrected chi connectivity index (χ2v) is 4.47. The molecule has 1 aromatic heterocycles. The molecular weight excluding hydrogens is 275 g/mol. The van der Waals surface area contributed by atoms with Crippen LogP contribution in [0.1, 0.15) is 23.7 Å². The highest BCUT2D eigenvalue weighted by molar-refractivity contribution is 6.22. The number of hydrogen-bond donors (Lipinski definition) is 1. The Morgan fingerprint density at radius 3 is 2.67 bits per heavy atom. The van der Waals surface area contributed by atoms with Gasteiger partial charge in [-0.05, 0) is 12.5 Å². The number of pyridine rings is 1. The van der Waals surface area contributed by atoms with Crippen LogP contribution in [-0.4, -0.2) is 35.3 Å². The highest BCUT2D eigenvalue weighted by Crippen LogP contribution is 2.19. The van der Waals surface area contributed by atoms with Crippen molar-refractivity contribution in [3.05, 3.63) is 24.0 Å². The van der Waals surface area contributed by atoms with Gasteiger partial charge in [0.25, 0.3) is 5.91 Å². The van der Waals surface area contributed by atoms with Crippen molar-refractivity contribution >= 4 is 29.1 Å². The maximum atomic E-state index is 12.2. The van der Waals surface area contributed by atoms with Crippen LogP contribution in [-0.2, 0) is 0 Å². The number of methoxy groups -OCH3 is 1. The Bertz CT molecular complexity index is 401. The van der Waals surface area contributed by atoms with Gasteiger partial charge in [0.1, 0.15) is 5.75 Å². The summed E-state index contributed by atoms with van der Waals surface area (Å²) in [4.78, 5) is 16.1. The van der Waals surface area contributed by atoms with Gasteiger partial charge in [0, 0.05) is 18.0 Å². The van der Waals surface area contributed by atoms with Gasteiger partial charge in [-0.3, -0.25) is 9.78 Å². The molecule has 0 saturated carbocycles. The number of carbonyl (C=O) groups excluding carboxylic acids is 1. The summed E-state index contributed by atoms with van der Waals surface area (Å²) >= 11 is 11.8. The summed E-state index contributed by atoms with van der Waals surface area (Å²) in [5, 5.41) is 2.86. The first-order valence-corrected chi connectivity index (χ1v) is 6.61. The number of carbonyl (C=O) groups is 1. The minimum atomic E-state index is -0.603. The van der Waals surface area contributed by atoms with Crippen LogP contribution in [0.3, 0.4) is 0 Å². The van der Waals surface area contributed by atoms with Gasteiger partial charge in [-0.15, -0.1) is 23.2 Å². The summed E-state index contributed by atoms with van der Waals surface area (Å²) in [6, 6.07) is 1.59. The Hall–Kier alpha value is -1.00. The van der Waals surface area contributed by atoms with E-state index < -0.39 is 5.54 Å². The number of ether oxygens (including phenoxy) is 1. The van der Waals surface area contributed by atoms with E-state index in [4.69, 9.17) is 27.9 Å². The predicted octanol–water partition coefficient (Wildman–Crippen LogP) is 2.45. The van der Waals surface area contributed by atoms with Gasteiger partial charge >= 0.3 is 0 Å². The van der Waals surface area contributed by atoms with Crippen LogP contribution in [0.2, 0.25) is 0 Å². The first-order chi connectivity index (χ1) is 8.62. The van der Waals surface area contributed by atoms with Crippen molar-refractivity contribution in [1.29, 1.82) is 0 Å². The van der Waals surface area contributed by atoms with Crippen molar-refractivity contribution in [2.45, 2.75) is 18.9 Å². The van der Waals surface area contributed by atoms with Gasteiger partial charge in [0.2, 0.25) is 0 Å². The number of hydrogen-bond acceptors (Lipinski definition) is 3. The van der Waals surface area contributed by atoms with E-state index in [0.29, 0.717) is 17.7 Å². The van der Waals surface area contributed by atoms with Crippen molar-refractivity contribution in [1.82, 2.24) is 10.3 Å². The molecule has 0 atom stereocenters. The lowest BCUT2D eigenvalue weighted by molar-refractivity contribution is 0.0910. The van der Waals surface area contributed by atoms with Crippen LogP contribution in [0.4, 0.5) is 0 Å². The number of nitrogens with one attached hydrogen (secondary N) is 1. The minimum absolute atomic E-state index is 0.256. The van der Waals surface area contributed by atoms with Gasteiger partial charge in [-0.25, -0.2) is 0 Å². The lowest BCUT2D eigenvalue weighted by Gasteiger charge is -2.29. The number of halogens is 2. The second kappa shape index (κ2) is 6.81. The summed E-state index contributed by atoms with van der Waals surface area (Å²) in [6.45, 7) is 1.93. The number of nitrogens with zero attached hydrogens (tertiary/aromatic N) is 1. The summed E-state index contributed by atoms with van der Waals surface area (Å²) in [5.41, 5.74) is -0.186. The summed E-state index contributed by atoms with van der Waals surface area (Å²) in [5.74, 6) is 0.666. The smallest absolute Gasteiger partial charge is 0.255 e. The van der Waals surface area contributed by atoms with Crippen molar-refractivity contribution < 1.29 is 9.53 Å². The highest BCUT2D eigenvalue weighted by Gasteiger charge is 2.29. The van der Waals surface area contributed by atoms with Gasteiger partial charge in [-0.2, -0.15) is 0 Å². The van der Waals surface area contributed by atoms with Crippen LogP contribution in [0, 0.1) is 0 Å². The monoisotopic (exact) mass is 290 g/mol. The first-order valence-electron chi connectivity index (χ1n) is 5.55. The van der Waals surface area contributed by atoms with E-state index >= 15 is 0 Å². The molecule has 0 aliphatic rings. The van der Waals surface area contributed by atoms with Crippen LogP contribution < -0.4 is 10.1 Å². The maximum absolute atomic E-state index is 12.2. The third kappa shape index (κ3) is 3.27. The molecule has 4 nitrogen and oxygen atoms in total. The van der Waals surface area contributed by atoms with E-state index in [1.54, 1.807) is 6.07 Å². The largest absolute Gasteiger partial charge is 0.494 e. The molecule has 0 radical (unpaired) electrons. The van der Waals surface area contributed by atoms with Crippen molar-refractivity contribution in [3.8, 4) is 5.75 Å². The zero-order chi connectivity index (χ0) is 13.6. The van der Waals surface area contributed by atoms with E-state index in [1.165, 1.54) is 19.5 Å². The molecule has 6 heteroatoms. The molecule has 1 aromatic rings. The summed E-state index contributed by atoms with van der Waals surface area (Å²) in [6.07, 6.45) is 3.68. The quantitative estimate of drug-likeness (QED) is 0.819. The van der Waals surface area contributed by atoms with Crippen molar-refractivity contribution in [2.24, 2.45) is 0 Å². The third-order valence-corrected chi connectivity index (χ3v) is 3.84. The van der Waals surface area contributed by atoms with E-state index in [1.807, 2.05) is 6.92 Å². The molecular formula is C12H16Cl2N2O2. The molecule has 0 unspecified atom stereocenters. The average Bonchev–Trinajstić information content (AvgIpc) is 2.44. The molecule has 0 saturated heterocycles. The van der Waals surface area contributed by atoms with Gasteiger partial charge in [-0.1, -0.05) is 6.92 Å². The molecule has 0 aliphatic carbocycles. The van der Waals surface area contributed by atoms with E-state index in [9.17, 15) is 4.79 Å². The Balaban J connectivity index is 2.94. The Labute approximate surface area is 117 Å². The molecule has 0 fully saturated rings. The van der Waals surface area contributed by atoms with Gasteiger partial charge in [0.15, 0.2) is 0 Å². The normalized spacial score (nSPS) is 11.1. The number of rotatable bonds is 6. The van der Waals surface area contributed by atoms with Gasteiger partial charge in [0.05, 0.1) is 24.4 Å². The molecule has 0 spiro atoms. The lowest BCUT2D eigenvalue weighted by atomic mass is 10.0. The van der Waals surface area contributed by atoms with Crippen molar-refractivity contribution in [2.75, 3.05) is 18.9 Å². The Morgan fingerprint density at radius 1 is 1.50 bits per heavy atom. The fourth-order valence-corrected chi connectivity index (χ4v) is 2.22. The number of alkyl halides is 2. The second-order valence-electron chi connectivity index (χ2n) is 3.93. The van der Waals surface area contributed by atoms with Crippen LogP contribution in [0.5, 0.6) is 5.75 Å². The number of amides is 1. The highest BCUT2D eigenvalue weighted by atomic mass is 35.5. The van der Waals surface area contributed by atoms with E-state index in [2.05, 4.69) is 10.3 Å². The molecule has 1 amide bonds. The third-order valence-electron chi connectivity index (χ3n) is 2.82. The minimum Gasteiger partial charge on any atom is -0.494 e. The molecule has 1 rings (SSSR count). The molecule has 100 valence electrons. The molecule has 18 heavy (non-hydrogen) atoms. The zero-order valence-corrected chi connectivity index (χ0v) is 11.9. The molecule has 0 aliphatic heterocycles. The molecule has 1 heterocycles. The number of aromatic nitrogens is 1. The van der Waals surface area contributed by atoms with Crippen LogP contribution in [0.15, 0.2) is 18.5 Å². The fourth-order valence-electron chi connectivity index (χ4n) is 1.42. The average molecular weight is 291 g/mol. The summed E-state index contributed by atoms with van der Waals surface area (Å²) in [7, 11) is 1.49. The summed E-state index contributed by atoms with van der Waals surface area (Å²) < 4.78 is 5.09. The standard InChI is InChI=1S/C12H16Cl2N2O2/c1-3-12(7-13,8-14)16-11(17)9-4-5-15-6-10(9)18-2/h4-6H,3,7-8H2,1-2H3,(H,16,17). The SMILES string of the molecule is CCC(CCl)(CCl)NC(=O)c1ccncc1OC. The van der Waals surface area contributed by atoms with Gasteiger partial charge < -0.3 is 10.1 Å². The van der Waals surface area contributed by atoms with E-state index in [0.717, 1.165) is 0 Å². The van der Waals surface area contributed by atoms with Crippen molar-refractivity contribution in [3.63, 3.8) is 0 Å². The fraction of sp³-hybridized carbons (Fsp3) is 0.500. The Kier molecular flexibility index (Phi) is 5.69. The molecule has 0 bridgehead atoms. The van der Waals surface area contributed by atoms with E-state index in [-0.39, 0.29) is 17.7 Å². The zero-order valence-electron chi connectivity index (χ0n) is 10.4. The maximum Gasteiger partial charge on any atom is 0.255 e. The predicted molar refractivity (Wildman–Crippen MR) is 72.7 cm³/mol. The molecule has 1 N–H and O–H groups in total. The van der Waals surface area contributed by atoms with Crippen LogP contribution in [0.25, 0.3) is 0 Å². The lowest BCUT2D eigenvalue weighted by Crippen LogP contribution is -2.51.